The average molecular weight is 345 g/mol. The van der Waals surface area contributed by atoms with E-state index in [-0.39, 0.29) is 17.9 Å². The van der Waals surface area contributed by atoms with Gasteiger partial charge in [-0.3, -0.25) is 0 Å². The predicted octanol–water partition coefficient (Wildman–Crippen LogP) is 3.37. The highest BCUT2D eigenvalue weighted by molar-refractivity contribution is 5.39. The first kappa shape index (κ1) is 17.5. The number of alkyl halides is 3. The highest BCUT2D eigenvalue weighted by Gasteiger charge is 2.43. The van der Waals surface area contributed by atoms with Crippen molar-refractivity contribution < 1.29 is 27.9 Å². The van der Waals surface area contributed by atoms with Crippen LogP contribution in [-0.4, -0.2) is 43.2 Å². The van der Waals surface area contributed by atoms with E-state index >= 15 is 0 Å². The molecule has 0 spiro atoms. The third-order valence-corrected chi connectivity index (χ3v) is 4.95. The van der Waals surface area contributed by atoms with Gasteiger partial charge in [-0.15, -0.1) is 0 Å². The van der Waals surface area contributed by atoms with Crippen LogP contribution in [0.25, 0.3) is 0 Å². The zero-order valence-electron chi connectivity index (χ0n) is 13.6. The van der Waals surface area contributed by atoms with Gasteiger partial charge >= 0.3 is 6.18 Å². The molecule has 4 nitrogen and oxygen atoms in total. The molecule has 1 saturated heterocycles. The largest absolute Gasteiger partial charge is 0.489 e. The summed E-state index contributed by atoms with van der Waals surface area (Å²) < 4.78 is 50.0. The van der Waals surface area contributed by atoms with E-state index in [1.54, 1.807) is 0 Å². The van der Waals surface area contributed by atoms with Gasteiger partial charge in [0.05, 0.1) is 12.2 Å². The van der Waals surface area contributed by atoms with E-state index in [2.05, 4.69) is 0 Å². The quantitative estimate of drug-likeness (QED) is 0.888. The molecule has 0 amide bonds. The third-order valence-electron chi connectivity index (χ3n) is 4.95. The second kappa shape index (κ2) is 6.90. The van der Waals surface area contributed by atoms with Crippen molar-refractivity contribution in [3.05, 3.63) is 29.3 Å². The maximum absolute atomic E-state index is 13.0. The molecule has 24 heavy (non-hydrogen) atoms. The number of fused-ring (bicyclic) bond motifs is 2. The van der Waals surface area contributed by atoms with E-state index in [9.17, 15) is 18.4 Å². The molecule has 1 aromatic rings. The van der Waals surface area contributed by atoms with Crippen molar-refractivity contribution in [1.29, 1.82) is 0 Å². The summed E-state index contributed by atoms with van der Waals surface area (Å²) in [5, 5.41) is 11.0. The van der Waals surface area contributed by atoms with Gasteiger partial charge in [-0.1, -0.05) is 0 Å². The second-order valence-electron chi connectivity index (χ2n) is 6.61. The number of nitrogens with zero attached hydrogens (tertiary/aromatic N) is 1. The third kappa shape index (κ3) is 3.68. The molecule has 1 saturated carbocycles. The van der Waals surface area contributed by atoms with Crippen molar-refractivity contribution in [1.82, 2.24) is 5.06 Å². The number of piperidine rings is 1. The topological polar surface area (TPSA) is 41.9 Å². The summed E-state index contributed by atoms with van der Waals surface area (Å²) in [5.74, 6) is 0.922. The van der Waals surface area contributed by atoms with Crippen molar-refractivity contribution in [3.8, 4) is 5.75 Å². The van der Waals surface area contributed by atoms with Crippen molar-refractivity contribution >= 4 is 0 Å². The Bertz CT molecular complexity index is 565. The Labute approximate surface area is 139 Å². The molecule has 2 bridgehead atoms. The van der Waals surface area contributed by atoms with E-state index in [0.717, 1.165) is 25.0 Å². The highest BCUT2D eigenvalue weighted by atomic mass is 19.4. The van der Waals surface area contributed by atoms with E-state index in [1.165, 1.54) is 18.2 Å². The molecular formula is C17H22F3NO3. The van der Waals surface area contributed by atoms with Crippen molar-refractivity contribution in [2.75, 3.05) is 26.8 Å². The molecule has 7 heteroatoms. The molecule has 1 aliphatic heterocycles. The van der Waals surface area contributed by atoms with Gasteiger partial charge in [0.1, 0.15) is 11.9 Å². The van der Waals surface area contributed by atoms with E-state index in [1.807, 2.05) is 0 Å². The van der Waals surface area contributed by atoms with Crippen LogP contribution < -0.4 is 4.74 Å². The number of rotatable bonds is 5. The molecule has 2 aliphatic rings. The first-order valence-corrected chi connectivity index (χ1v) is 8.18. The number of methoxy groups -OCH3 is 1. The number of hydrogen-bond donors (Lipinski definition) is 1. The van der Waals surface area contributed by atoms with Crippen LogP contribution in [0.5, 0.6) is 5.75 Å². The van der Waals surface area contributed by atoms with Crippen LogP contribution in [-0.2, 0) is 17.3 Å². The number of hydrogen-bond acceptors (Lipinski definition) is 4. The molecule has 0 aromatic heterocycles. The Morgan fingerprint density at radius 1 is 1.21 bits per heavy atom. The summed E-state index contributed by atoms with van der Waals surface area (Å²) in [4.78, 5) is 0. The first-order valence-electron chi connectivity index (χ1n) is 8.18. The van der Waals surface area contributed by atoms with Crippen LogP contribution in [0.15, 0.2) is 18.2 Å². The molecule has 0 radical (unpaired) electrons. The lowest BCUT2D eigenvalue weighted by Gasteiger charge is -2.35. The maximum atomic E-state index is 13.0. The summed E-state index contributed by atoms with van der Waals surface area (Å²) in [6.07, 6.45) is -2.11. The minimum absolute atomic E-state index is 0.0496. The molecule has 2 atom stereocenters. The molecule has 134 valence electrons. The number of ether oxygens (including phenoxy) is 2. The Hall–Kier alpha value is -1.31. The van der Waals surface area contributed by atoms with Gasteiger partial charge in [-0.05, 0) is 43.0 Å². The van der Waals surface area contributed by atoms with Crippen molar-refractivity contribution in [2.24, 2.45) is 11.8 Å². The summed E-state index contributed by atoms with van der Waals surface area (Å²) in [6.45, 7) is 1.43. The van der Waals surface area contributed by atoms with Crippen LogP contribution >= 0.6 is 0 Å². The van der Waals surface area contributed by atoms with Crippen LogP contribution in [0.3, 0.4) is 0 Å². The molecule has 1 aliphatic carbocycles. The number of halogens is 3. The lowest BCUT2D eigenvalue weighted by atomic mass is 9.96. The second-order valence-corrected chi connectivity index (χ2v) is 6.61. The highest BCUT2D eigenvalue weighted by Crippen LogP contribution is 2.40. The number of hydroxylamine groups is 2. The smallest absolute Gasteiger partial charge is 0.416 e. The SMILES string of the molecule is COCCc1cc(C(F)(F)F)ccc1OC1[C@@H]2CC[C@@H]1CN(O)C2. The summed E-state index contributed by atoms with van der Waals surface area (Å²) >= 11 is 0. The van der Waals surface area contributed by atoms with Crippen LogP contribution in [0, 0.1) is 11.8 Å². The van der Waals surface area contributed by atoms with Crippen LogP contribution in [0.2, 0.25) is 0 Å². The van der Waals surface area contributed by atoms with E-state index in [0.29, 0.717) is 37.4 Å². The molecule has 3 rings (SSSR count). The molecule has 0 unspecified atom stereocenters. The van der Waals surface area contributed by atoms with Crippen molar-refractivity contribution in [2.45, 2.75) is 31.5 Å². The fourth-order valence-electron chi connectivity index (χ4n) is 3.77. The fourth-order valence-corrected chi connectivity index (χ4v) is 3.77. The Morgan fingerprint density at radius 3 is 2.46 bits per heavy atom. The van der Waals surface area contributed by atoms with Gasteiger partial charge in [0.15, 0.2) is 0 Å². The standard InChI is InChI=1S/C17H22F3NO3/c1-23-7-6-11-8-14(17(18,19)20)4-5-15(11)24-16-12-2-3-13(16)10-21(22)9-12/h4-5,8,12-13,16,22H,2-3,6-7,9-10H2,1H3/t12-,13-/m1/s1. The minimum atomic E-state index is -4.37. The maximum Gasteiger partial charge on any atom is 0.416 e. The summed E-state index contributed by atoms with van der Waals surface area (Å²) in [7, 11) is 1.52. The minimum Gasteiger partial charge on any atom is -0.489 e. The van der Waals surface area contributed by atoms with E-state index in [4.69, 9.17) is 9.47 Å². The number of benzene rings is 1. The fraction of sp³-hybridized carbons (Fsp3) is 0.647. The summed E-state index contributed by atoms with van der Waals surface area (Å²) in [6, 6.07) is 3.63. The Kier molecular flexibility index (Phi) is 5.03. The normalized spacial score (nSPS) is 27.5. The average Bonchev–Trinajstić information content (AvgIpc) is 2.76. The zero-order chi connectivity index (χ0) is 17.3. The molecule has 2 fully saturated rings. The van der Waals surface area contributed by atoms with Gasteiger partial charge < -0.3 is 14.7 Å². The van der Waals surface area contributed by atoms with Gasteiger partial charge in [0.2, 0.25) is 0 Å². The lowest BCUT2D eigenvalue weighted by Crippen LogP contribution is -2.45. The zero-order valence-corrected chi connectivity index (χ0v) is 13.6. The van der Waals surface area contributed by atoms with Crippen LogP contribution in [0.1, 0.15) is 24.0 Å². The predicted molar refractivity (Wildman–Crippen MR) is 81.0 cm³/mol. The van der Waals surface area contributed by atoms with Gasteiger partial charge in [0.25, 0.3) is 0 Å². The Balaban J connectivity index is 1.81. The molecule has 1 N–H and O–H groups in total. The van der Waals surface area contributed by atoms with Gasteiger partial charge in [-0.2, -0.15) is 18.2 Å². The lowest BCUT2D eigenvalue weighted by molar-refractivity contribution is -0.144. The molecular weight excluding hydrogens is 323 g/mol. The monoisotopic (exact) mass is 345 g/mol. The first-order chi connectivity index (χ1) is 11.4. The van der Waals surface area contributed by atoms with Gasteiger partial charge in [-0.25, -0.2) is 0 Å². The van der Waals surface area contributed by atoms with Crippen molar-refractivity contribution in [3.63, 3.8) is 0 Å². The molecule has 1 aromatic carbocycles. The summed E-state index contributed by atoms with van der Waals surface area (Å²) in [5.41, 5.74) is -0.161. The molecule has 1 heterocycles. The van der Waals surface area contributed by atoms with Crippen LogP contribution in [0.4, 0.5) is 13.2 Å². The van der Waals surface area contributed by atoms with Gasteiger partial charge in [0, 0.05) is 32.0 Å². The van der Waals surface area contributed by atoms with E-state index < -0.39 is 11.7 Å². The Morgan fingerprint density at radius 2 is 1.88 bits per heavy atom.